The molecule has 1 amide bonds. The van der Waals surface area contributed by atoms with E-state index in [2.05, 4.69) is 48.9 Å². The van der Waals surface area contributed by atoms with Gasteiger partial charge >= 0.3 is 0 Å². The lowest BCUT2D eigenvalue weighted by Crippen LogP contribution is -2.22. The van der Waals surface area contributed by atoms with Crippen LogP contribution in [-0.2, 0) is 19.4 Å². The number of carbonyl (C=O) groups excluding carboxylic acids is 1. The van der Waals surface area contributed by atoms with Gasteiger partial charge in [0.1, 0.15) is 5.75 Å². The van der Waals surface area contributed by atoms with Crippen molar-refractivity contribution < 1.29 is 9.53 Å². The molecule has 4 heteroatoms. The molecule has 1 aromatic heterocycles. The minimum absolute atomic E-state index is 0.0575. The molecule has 4 rings (SSSR count). The van der Waals surface area contributed by atoms with Crippen LogP contribution in [0.4, 0.5) is 0 Å². The first-order valence-electron chi connectivity index (χ1n) is 11.4. The molecule has 0 radical (unpaired) electrons. The van der Waals surface area contributed by atoms with E-state index < -0.39 is 0 Å². The molecule has 1 heterocycles. The summed E-state index contributed by atoms with van der Waals surface area (Å²) in [5.74, 6) is 1.57. The number of nitrogens with zero attached hydrogens (tertiary/aromatic N) is 1. The van der Waals surface area contributed by atoms with Crippen molar-refractivity contribution in [3.8, 4) is 11.4 Å². The summed E-state index contributed by atoms with van der Waals surface area (Å²) in [6.45, 7) is 7.80. The predicted octanol–water partition coefficient (Wildman–Crippen LogP) is 5.63. The summed E-state index contributed by atoms with van der Waals surface area (Å²) in [6, 6.07) is 18.2. The van der Waals surface area contributed by atoms with Gasteiger partial charge in [0.15, 0.2) is 0 Å². The number of hydrogen-bond donors (Lipinski definition) is 1. The molecule has 1 N–H and O–H groups in total. The maximum Gasteiger partial charge on any atom is 0.251 e. The van der Waals surface area contributed by atoms with Gasteiger partial charge in [0.2, 0.25) is 0 Å². The summed E-state index contributed by atoms with van der Waals surface area (Å²) in [4.78, 5) is 12.6. The third kappa shape index (κ3) is 4.84. The largest absolute Gasteiger partial charge is 0.494 e. The molecule has 0 saturated heterocycles. The fourth-order valence-electron chi connectivity index (χ4n) is 4.40. The molecule has 1 aliphatic carbocycles. The number of rotatable bonds is 7. The topological polar surface area (TPSA) is 43.3 Å². The maximum absolute atomic E-state index is 12.6. The van der Waals surface area contributed by atoms with E-state index in [0.717, 1.165) is 48.8 Å². The van der Waals surface area contributed by atoms with E-state index in [1.54, 1.807) is 0 Å². The van der Waals surface area contributed by atoms with Crippen LogP contribution in [0.5, 0.6) is 5.75 Å². The average molecular weight is 417 g/mol. The molecule has 162 valence electrons. The molecule has 0 unspecified atom stereocenters. The summed E-state index contributed by atoms with van der Waals surface area (Å²) < 4.78 is 7.96. The Kier molecular flexibility index (Phi) is 6.45. The Morgan fingerprint density at radius 2 is 1.87 bits per heavy atom. The lowest BCUT2D eigenvalue weighted by atomic mass is 9.89. The van der Waals surface area contributed by atoms with Gasteiger partial charge in [-0.2, -0.15) is 0 Å². The highest BCUT2D eigenvalue weighted by Crippen LogP contribution is 2.30. The highest BCUT2D eigenvalue weighted by atomic mass is 16.5. The lowest BCUT2D eigenvalue weighted by molar-refractivity contribution is 0.0951. The Morgan fingerprint density at radius 3 is 2.58 bits per heavy atom. The Balaban J connectivity index is 1.40. The summed E-state index contributed by atoms with van der Waals surface area (Å²) in [5, 5.41) is 3.01. The van der Waals surface area contributed by atoms with Gasteiger partial charge in [-0.05, 0) is 92.1 Å². The van der Waals surface area contributed by atoms with Crippen LogP contribution in [-0.4, -0.2) is 17.1 Å². The number of hydrogen-bond acceptors (Lipinski definition) is 2. The molecular formula is C27H32N2O2. The fraction of sp³-hybridized carbons (Fsp3) is 0.370. The van der Waals surface area contributed by atoms with Crippen molar-refractivity contribution in [2.45, 2.75) is 53.0 Å². The van der Waals surface area contributed by atoms with Crippen molar-refractivity contribution in [2.75, 3.05) is 6.61 Å². The zero-order chi connectivity index (χ0) is 21.8. The van der Waals surface area contributed by atoms with E-state index in [9.17, 15) is 4.79 Å². The van der Waals surface area contributed by atoms with Gasteiger partial charge in [-0.1, -0.05) is 26.0 Å². The van der Waals surface area contributed by atoms with Crippen LogP contribution >= 0.6 is 0 Å². The summed E-state index contributed by atoms with van der Waals surface area (Å²) in [5.41, 5.74) is 7.04. The summed E-state index contributed by atoms with van der Waals surface area (Å²) in [7, 11) is 0. The maximum atomic E-state index is 12.6. The van der Waals surface area contributed by atoms with Gasteiger partial charge in [0.05, 0.1) is 6.61 Å². The number of aromatic nitrogens is 1. The number of carbonyl (C=O) groups is 1. The van der Waals surface area contributed by atoms with Gasteiger partial charge in [0.25, 0.3) is 5.91 Å². The molecule has 0 aliphatic heterocycles. The third-order valence-electron chi connectivity index (χ3n) is 6.06. The molecule has 0 fully saturated rings. The van der Waals surface area contributed by atoms with Crippen LogP contribution in [0.1, 0.15) is 59.6 Å². The van der Waals surface area contributed by atoms with Crippen molar-refractivity contribution in [3.05, 3.63) is 82.7 Å². The van der Waals surface area contributed by atoms with E-state index in [4.69, 9.17) is 4.74 Å². The molecule has 2 aromatic carbocycles. The number of benzene rings is 2. The highest BCUT2D eigenvalue weighted by Gasteiger charge is 2.21. The second kappa shape index (κ2) is 9.42. The van der Waals surface area contributed by atoms with Gasteiger partial charge in [0, 0.05) is 29.2 Å². The molecule has 1 aliphatic rings. The first kappa shape index (κ1) is 21.2. The van der Waals surface area contributed by atoms with Crippen molar-refractivity contribution in [2.24, 2.45) is 5.92 Å². The van der Waals surface area contributed by atoms with Gasteiger partial charge in [-0.3, -0.25) is 4.79 Å². The van der Waals surface area contributed by atoms with Crippen LogP contribution in [0.15, 0.2) is 54.6 Å². The minimum Gasteiger partial charge on any atom is -0.494 e. The van der Waals surface area contributed by atoms with Crippen molar-refractivity contribution in [1.29, 1.82) is 0 Å². The highest BCUT2D eigenvalue weighted by molar-refractivity contribution is 5.94. The Hall–Kier alpha value is -3.01. The van der Waals surface area contributed by atoms with Crippen molar-refractivity contribution in [3.63, 3.8) is 0 Å². The molecule has 3 aromatic rings. The Labute approximate surface area is 185 Å². The Morgan fingerprint density at radius 1 is 1.13 bits per heavy atom. The monoisotopic (exact) mass is 416 g/mol. The standard InChI is InChI=1S/C27H32N2O2/c1-4-15-31-25-12-6-21(7-13-25)18-28-27(30)22-8-10-24(11-9-22)29-20(3)17-23-16-19(2)5-14-26(23)29/h6-13,17,19H,4-5,14-16,18H2,1-3H3,(H,28,30)/t19-/m0/s1. The lowest BCUT2D eigenvalue weighted by Gasteiger charge is -2.21. The minimum atomic E-state index is -0.0575. The van der Waals surface area contributed by atoms with Crippen LogP contribution in [0, 0.1) is 12.8 Å². The zero-order valence-corrected chi connectivity index (χ0v) is 18.8. The van der Waals surface area contributed by atoms with Crippen LogP contribution < -0.4 is 10.1 Å². The number of ether oxygens (including phenoxy) is 1. The van der Waals surface area contributed by atoms with Crippen LogP contribution in [0.25, 0.3) is 5.69 Å². The number of amides is 1. The van der Waals surface area contributed by atoms with Crippen molar-refractivity contribution in [1.82, 2.24) is 9.88 Å². The summed E-state index contributed by atoms with van der Waals surface area (Å²) in [6.07, 6.45) is 4.51. The van der Waals surface area contributed by atoms with E-state index in [-0.39, 0.29) is 5.91 Å². The second-order valence-corrected chi connectivity index (χ2v) is 8.66. The second-order valence-electron chi connectivity index (χ2n) is 8.66. The summed E-state index contributed by atoms with van der Waals surface area (Å²) >= 11 is 0. The van der Waals surface area contributed by atoms with Crippen LogP contribution in [0.3, 0.4) is 0 Å². The first-order chi connectivity index (χ1) is 15.0. The van der Waals surface area contributed by atoms with Gasteiger partial charge < -0.3 is 14.6 Å². The molecule has 31 heavy (non-hydrogen) atoms. The molecule has 0 bridgehead atoms. The van der Waals surface area contributed by atoms with E-state index >= 15 is 0 Å². The van der Waals surface area contributed by atoms with Crippen LogP contribution in [0.2, 0.25) is 0 Å². The normalized spacial score (nSPS) is 15.4. The predicted molar refractivity (Wildman–Crippen MR) is 125 cm³/mol. The fourth-order valence-corrected chi connectivity index (χ4v) is 4.40. The molecule has 0 spiro atoms. The Bertz CT molecular complexity index is 1030. The molecule has 0 saturated carbocycles. The smallest absolute Gasteiger partial charge is 0.251 e. The van der Waals surface area contributed by atoms with E-state index in [1.165, 1.54) is 23.4 Å². The third-order valence-corrected chi connectivity index (χ3v) is 6.06. The van der Waals surface area contributed by atoms with Gasteiger partial charge in [-0.15, -0.1) is 0 Å². The first-order valence-corrected chi connectivity index (χ1v) is 11.4. The molecular weight excluding hydrogens is 384 g/mol. The quantitative estimate of drug-likeness (QED) is 0.542. The molecule has 1 atom stereocenters. The number of aryl methyl sites for hydroxylation is 1. The van der Waals surface area contributed by atoms with Crippen molar-refractivity contribution >= 4 is 5.91 Å². The van der Waals surface area contributed by atoms with Gasteiger partial charge in [-0.25, -0.2) is 0 Å². The average Bonchev–Trinajstić information content (AvgIpc) is 3.11. The number of fused-ring (bicyclic) bond motifs is 1. The van der Waals surface area contributed by atoms with E-state index in [0.29, 0.717) is 12.1 Å². The molecule has 4 nitrogen and oxygen atoms in total. The number of nitrogens with one attached hydrogen (secondary N) is 1. The SMILES string of the molecule is CCCOc1ccc(CNC(=O)c2ccc(-n3c(C)cc4c3CC[C@H](C)C4)cc2)cc1. The zero-order valence-electron chi connectivity index (χ0n) is 18.8. The van der Waals surface area contributed by atoms with E-state index in [1.807, 2.05) is 36.4 Å².